The molecule has 22 heavy (non-hydrogen) atoms. The third kappa shape index (κ3) is 1.81. The number of aliphatic hydroxyl groups excluding tert-OH is 2. The molecule has 0 aromatic heterocycles. The van der Waals surface area contributed by atoms with E-state index in [9.17, 15) is 10.2 Å². The van der Waals surface area contributed by atoms with Crippen LogP contribution in [0.25, 0.3) is 0 Å². The van der Waals surface area contributed by atoms with Crippen LogP contribution in [0.3, 0.4) is 0 Å². The molecule has 4 aliphatic rings. The van der Waals surface area contributed by atoms with Crippen LogP contribution >= 0.6 is 0 Å². The first kappa shape index (κ1) is 15.0. The second-order valence-electron chi connectivity index (χ2n) is 9.08. The highest BCUT2D eigenvalue weighted by Gasteiger charge is 2.60. The minimum Gasteiger partial charge on any atom is -0.402 e. The number of hydrogen-bond donors (Lipinski definition) is 3. The highest BCUT2D eigenvalue weighted by Crippen LogP contribution is 2.65. The van der Waals surface area contributed by atoms with Gasteiger partial charge in [-0.3, -0.25) is 0 Å². The molecule has 0 amide bonds. The maximum absolute atomic E-state index is 10.9. The van der Waals surface area contributed by atoms with Gasteiger partial charge in [-0.05, 0) is 74.0 Å². The second-order valence-corrected chi connectivity index (χ2v) is 9.08. The predicted octanol–water partition coefficient (Wildman–Crippen LogP) is 2.81. The van der Waals surface area contributed by atoms with Crippen LogP contribution in [0.4, 0.5) is 0 Å². The Bertz CT molecular complexity index is 504. The van der Waals surface area contributed by atoms with Crippen molar-refractivity contribution in [3.05, 3.63) is 11.8 Å². The van der Waals surface area contributed by atoms with E-state index < -0.39 is 0 Å². The Kier molecular flexibility index (Phi) is 3.23. The van der Waals surface area contributed by atoms with Gasteiger partial charge in [0.25, 0.3) is 0 Å². The van der Waals surface area contributed by atoms with Crippen molar-refractivity contribution in [3.63, 3.8) is 0 Å². The summed E-state index contributed by atoms with van der Waals surface area (Å²) in [7, 11) is 0. The van der Waals surface area contributed by atoms with Gasteiger partial charge >= 0.3 is 0 Å². The molecule has 8 atom stereocenters. The van der Waals surface area contributed by atoms with E-state index in [1.807, 2.05) is 0 Å². The van der Waals surface area contributed by atoms with Gasteiger partial charge in [0.15, 0.2) is 0 Å². The molecule has 3 nitrogen and oxygen atoms in total. The standard InChI is InChI=1S/C19H31NO2/c1-18-7-5-12(21)9-11(18)10-15(22)17-13-3-4-16(20)19(13,2)8-6-14(17)18/h4,11-15,17,21-22H,3,5-10,20H2,1-2H3/t11-,12+,13+,14+,15+,17+,18+,19+/m1/s1. The minimum atomic E-state index is -0.211. The molecule has 4 N–H and O–H groups in total. The van der Waals surface area contributed by atoms with E-state index in [0.29, 0.717) is 29.1 Å². The molecule has 0 bridgehead atoms. The van der Waals surface area contributed by atoms with Gasteiger partial charge in [-0.2, -0.15) is 0 Å². The molecule has 0 aliphatic heterocycles. The van der Waals surface area contributed by atoms with Crippen LogP contribution < -0.4 is 5.73 Å². The fourth-order valence-corrected chi connectivity index (χ4v) is 6.81. The maximum Gasteiger partial charge on any atom is 0.0577 e. The lowest BCUT2D eigenvalue weighted by Crippen LogP contribution is -2.58. The molecule has 0 spiro atoms. The molecule has 4 aliphatic carbocycles. The molecule has 0 aromatic rings. The topological polar surface area (TPSA) is 66.5 Å². The summed E-state index contributed by atoms with van der Waals surface area (Å²) in [5.41, 5.74) is 7.80. The Morgan fingerprint density at radius 2 is 1.86 bits per heavy atom. The number of rotatable bonds is 0. The molecule has 4 rings (SSSR count). The van der Waals surface area contributed by atoms with Crippen LogP contribution in [0.1, 0.15) is 58.8 Å². The van der Waals surface area contributed by atoms with Gasteiger partial charge in [-0.25, -0.2) is 0 Å². The van der Waals surface area contributed by atoms with Crippen LogP contribution in [0, 0.1) is 34.5 Å². The monoisotopic (exact) mass is 305 g/mol. The fourth-order valence-electron chi connectivity index (χ4n) is 6.81. The Labute approximate surface area is 134 Å². The van der Waals surface area contributed by atoms with Crippen molar-refractivity contribution in [2.75, 3.05) is 0 Å². The molecule has 0 saturated heterocycles. The zero-order valence-corrected chi connectivity index (χ0v) is 14.0. The van der Waals surface area contributed by atoms with Crippen molar-refractivity contribution in [1.29, 1.82) is 0 Å². The predicted molar refractivity (Wildman–Crippen MR) is 86.8 cm³/mol. The first-order valence-corrected chi connectivity index (χ1v) is 9.18. The first-order valence-electron chi connectivity index (χ1n) is 9.18. The average molecular weight is 305 g/mol. The third-order valence-electron chi connectivity index (χ3n) is 8.30. The van der Waals surface area contributed by atoms with E-state index >= 15 is 0 Å². The molecular weight excluding hydrogens is 274 g/mol. The zero-order valence-electron chi connectivity index (χ0n) is 14.0. The first-order chi connectivity index (χ1) is 10.4. The minimum absolute atomic E-state index is 0.111. The number of aliphatic hydroxyl groups is 2. The van der Waals surface area contributed by atoms with Gasteiger partial charge in [0.2, 0.25) is 0 Å². The number of fused-ring (bicyclic) bond motifs is 5. The van der Waals surface area contributed by atoms with Crippen molar-refractivity contribution in [2.45, 2.75) is 71.0 Å². The lowest BCUT2D eigenvalue weighted by molar-refractivity contribution is -0.165. The summed E-state index contributed by atoms with van der Waals surface area (Å²) in [6.45, 7) is 4.76. The van der Waals surface area contributed by atoms with Gasteiger partial charge in [-0.15, -0.1) is 0 Å². The van der Waals surface area contributed by atoms with Crippen molar-refractivity contribution >= 4 is 0 Å². The lowest BCUT2D eigenvalue weighted by Gasteiger charge is -2.61. The molecule has 124 valence electrons. The van der Waals surface area contributed by atoms with Gasteiger partial charge in [0, 0.05) is 11.1 Å². The number of hydrogen-bond acceptors (Lipinski definition) is 3. The Morgan fingerprint density at radius 3 is 2.64 bits per heavy atom. The Morgan fingerprint density at radius 1 is 1.09 bits per heavy atom. The highest BCUT2D eigenvalue weighted by molar-refractivity contribution is 5.23. The van der Waals surface area contributed by atoms with Gasteiger partial charge in [-0.1, -0.05) is 19.9 Å². The number of nitrogens with two attached hydrogens (primary N) is 1. The molecule has 3 heteroatoms. The Hall–Kier alpha value is -0.540. The molecular formula is C19H31NO2. The van der Waals surface area contributed by atoms with E-state index in [-0.39, 0.29) is 17.6 Å². The smallest absolute Gasteiger partial charge is 0.0577 e. The van der Waals surface area contributed by atoms with Crippen molar-refractivity contribution in [1.82, 2.24) is 0 Å². The fraction of sp³-hybridized carbons (Fsp3) is 0.895. The van der Waals surface area contributed by atoms with Crippen molar-refractivity contribution < 1.29 is 10.2 Å². The molecule has 3 fully saturated rings. The van der Waals surface area contributed by atoms with E-state index in [1.54, 1.807) is 0 Å². The summed E-state index contributed by atoms with van der Waals surface area (Å²) in [6.07, 6.45) is 9.08. The summed E-state index contributed by atoms with van der Waals surface area (Å²) < 4.78 is 0. The highest BCUT2D eigenvalue weighted by atomic mass is 16.3. The van der Waals surface area contributed by atoms with Gasteiger partial charge in [0.05, 0.1) is 12.2 Å². The lowest BCUT2D eigenvalue weighted by atomic mass is 9.44. The zero-order chi connectivity index (χ0) is 15.7. The van der Waals surface area contributed by atoms with Crippen LogP contribution in [0.15, 0.2) is 11.8 Å². The second kappa shape index (κ2) is 4.73. The van der Waals surface area contributed by atoms with E-state index in [4.69, 9.17) is 5.73 Å². The SMILES string of the molecule is C[C@]12CC[C@H](O)C[C@@H]1C[C@H](O)[C@@H]1[C@@H]2CC[C@]2(C)C(N)=CC[C@@H]12. The van der Waals surface area contributed by atoms with Crippen LogP contribution in [0.5, 0.6) is 0 Å². The quantitative estimate of drug-likeness (QED) is 0.645. The number of allylic oxidation sites excluding steroid dienone is 2. The molecule has 3 saturated carbocycles. The summed E-state index contributed by atoms with van der Waals surface area (Å²) in [6, 6.07) is 0. The average Bonchev–Trinajstić information content (AvgIpc) is 2.77. The molecule has 0 radical (unpaired) electrons. The normalized spacial score (nSPS) is 57.5. The Balaban J connectivity index is 1.68. The molecule has 0 unspecified atom stereocenters. The van der Waals surface area contributed by atoms with E-state index in [2.05, 4.69) is 19.9 Å². The summed E-state index contributed by atoms with van der Waals surface area (Å²) in [4.78, 5) is 0. The summed E-state index contributed by atoms with van der Waals surface area (Å²) >= 11 is 0. The van der Waals surface area contributed by atoms with E-state index in [1.165, 1.54) is 12.8 Å². The van der Waals surface area contributed by atoms with Crippen molar-refractivity contribution in [2.24, 2.45) is 40.2 Å². The summed E-state index contributed by atoms with van der Waals surface area (Å²) in [5, 5.41) is 21.0. The molecule has 0 heterocycles. The van der Waals surface area contributed by atoms with Crippen LogP contribution in [-0.4, -0.2) is 22.4 Å². The third-order valence-corrected chi connectivity index (χ3v) is 8.30. The van der Waals surface area contributed by atoms with Crippen LogP contribution in [0.2, 0.25) is 0 Å². The molecule has 0 aromatic carbocycles. The largest absolute Gasteiger partial charge is 0.402 e. The van der Waals surface area contributed by atoms with Crippen molar-refractivity contribution in [3.8, 4) is 0 Å². The maximum atomic E-state index is 10.9. The summed E-state index contributed by atoms with van der Waals surface area (Å²) in [5.74, 6) is 2.01. The van der Waals surface area contributed by atoms with Gasteiger partial charge in [0.1, 0.15) is 0 Å². The van der Waals surface area contributed by atoms with Crippen LogP contribution in [-0.2, 0) is 0 Å². The van der Waals surface area contributed by atoms with E-state index in [0.717, 1.165) is 37.8 Å². The van der Waals surface area contributed by atoms with Gasteiger partial charge < -0.3 is 15.9 Å².